The second-order valence-electron chi connectivity index (χ2n) is 5.39. The molecule has 3 aromatic rings. The van der Waals surface area contributed by atoms with Gasteiger partial charge in [0, 0.05) is 17.8 Å². The first-order chi connectivity index (χ1) is 12.4. The molecular formula is C17H14F3N3O3. The van der Waals surface area contributed by atoms with Crippen molar-refractivity contribution in [1.82, 2.24) is 15.1 Å². The molecule has 3 rings (SSSR count). The van der Waals surface area contributed by atoms with Gasteiger partial charge in [-0.2, -0.15) is 18.2 Å². The van der Waals surface area contributed by atoms with E-state index in [1.807, 2.05) is 0 Å². The number of alkyl halides is 3. The summed E-state index contributed by atoms with van der Waals surface area (Å²) in [6, 6.07) is 8.61. The van der Waals surface area contributed by atoms with E-state index in [1.165, 1.54) is 0 Å². The molecule has 0 bridgehead atoms. The second kappa shape index (κ2) is 7.12. The standard InChI is InChI=1S/C17H14F3N3O3/c1-2-13(24)16-22-15(23-26-16)10-4-3-5-12(8-10)25-14-7-6-11(9-21-14)17(18,19)20/h3-9,13,24H,2H2,1H3. The second-order valence-corrected chi connectivity index (χ2v) is 5.39. The molecule has 9 heteroatoms. The zero-order valence-electron chi connectivity index (χ0n) is 13.6. The van der Waals surface area contributed by atoms with Gasteiger partial charge < -0.3 is 14.4 Å². The Bertz CT molecular complexity index is 879. The average Bonchev–Trinajstić information content (AvgIpc) is 3.11. The van der Waals surface area contributed by atoms with Gasteiger partial charge in [-0.05, 0) is 24.6 Å². The molecule has 0 fully saturated rings. The molecular weight excluding hydrogens is 351 g/mol. The van der Waals surface area contributed by atoms with Crippen molar-refractivity contribution in [3.63, 3.8) is 0 Å². The molecule has 0 radical (unpaired) electrons. The minimum atomic E-state index is -4.45. The van der Waals surface area contributed by atoms with E-state index in [0.29, 0.717) is 23.9 Å². The Morgan fingerprint density at radius 3 is 2.69 bits per heavy atom. The van der Waals surface area contributed by atoms with Crippen molar-refractivity contribution < 1.29 is 27.5 Å². The highest BCUT2D eigenvalue weighted by Crippen LogP contribution is 2.31. The lowest BCUT2D eigenvalue weighted by Gasteiger charge is -2.08. The van der Waals surface area contributed by atoms with Gasteiger partial charge in [-0.1, -0.05) is 24.2 Å². The number of hydrogen-bond acceptors (Lipinski definition) is 6. The van der Waals surface area contributed by atoms with Gasteiger partial charge in [-0.25, -0.2) is 4.98 Å². The maximum atomic E-state index is 12.6. The smallest absolute Gasteiger partial charge is 0.417 e. The molecule has 0 aliphatic heterocycles. The topological polar surface area (TPSA) is 81.3 Å². The first-order valence-corrected chi connectivity index (χ1v) is 7.70. The summed E-state index contributed by atoms with van der Waals surface area (Å²) in [7, 11) is 0. The maximum absolute atomic E-state index is 12.6. The summed E-state index contributed by atoms with van der Waals surface area (Å²) in [5.74, 6) is 0.735. The molecule has 1 N–H and O–H groups in total. The molecule has 6 nitrogen and oxygen atoms in total. The van der Waals surface area contributed by atoms with Gasteiger partial charge in [0.05, 0.1) is 5.56 Å². The maximum Gasteiger partial charge on any atom is 0.417 e. The number of halogens is 3. The van der Waals surface area contributed by atoms with Crippen LogP contribution in [0.25, 0.3) is 11.4 Å². The Hall–Kier alpha value is -2.94. The Kier molecular flexibility index (Phi) is 4.90. The van der Waals surface area contributed by atoms with E-state index in [9.17, 15) is 18.3 Å². The average molecular weight is 365 g/mol. The van der Waals surface area contributed by atoms with Crippen molar-refractivity contribution in [2.24, 2.45) is 0 Å². The molecule has 0 saturated carbocycles. The number of aromatic nitrogens is 3. The molecule has 0 aliphatic carbocycles. The number of rotatable bonds is 5. The molecule has 0 aliphatic rings. The third-order valence-electron chi connectivity index (χ3n) is 3.49. The van der Waals surface area contributed by atoms with Crippen LogP contribution in [0.4, 0.5) is 13.2 Å². The largest absolute Gasteiger partial charge is 0.439 e. The van der Waals surface area contributed by atoms with Gasteiger partial charge in [0.2, 0.25) is 11.7 Å². The van der Waals surface area contributed by atoms with Crippen LogP contribution in [0.5, 0.6) is 11.6 Å². The Morgan fingerprint density at radius 2 is 2.04 bits per heavy atom. The number of hydrogen-bond donors (Lipinski definition) is 1. The normalized spacial score (nSPS) is 12.8. The number of aliphatic hydroxyl groups is 1. The fraction of sp³-hybridized carbons (Fsp3) is 0.235. The lowest BCUT2D eigenvalue weighted by Crippen LogP contribution is -2.05. The zero-order chi connectivity index (χ0) is 18.7. The molecule has 0 saturated heterocycles. The molecule has 1 atom stereocenters. The summed E-state index contributed by atoms with van der Waals surface area (Å²) in [6.07, 6.45) is -4.15. The summed E-state index contributed by atoms with van der Waals surface area (Å²) in [6.45, 7) is 1.78. The monoisotopic (exact) mass is 365 g/mol. The predicted molar refractivity (Wildman–Crippen MR) is 84.3 cm³/mol. The van der Waals surface area contributed by atoms with Crippen LogP contribution in [0.1, 0.15) is 30.9 Å². The third kappa shape index (κ3) is 3.99. The van der Waals surface area contributed by atoms with Gasteiger partial charge in [-0.15, -0.1) is 0 Å². The highest BCUT2D eigenvalue weighted by Gasteiger charge is 2.30. The number of nitrogens with zero attached hydrogens (tertiary/aromatic N) is 3. The fourth-order valence-electron chi connectivity index (χ4n) is 2.09. The van der Waals surface area contributed by atoms with E-state index >= 15 is 0 Å². The zero-order valence-corrected chi connectivity index (χ0v) is 13.6. The molecule has 2 aromatic heterocycles. The van der Waals surface area contributed by atoms with Gasteiger partial charge >= 0.3 is 6.18 Å². The van der Waals surface area contributed by atoms with Gasteiger partial charge in [0.15, 0.2) is 0 Å². The number of ether oxygens (including phenoxy) is 1. The van der Waals surface area contributed by atoms with E-state index < -0.39 is 17.8 Å². The fourth-order valence-corrected chi connectivity index (χ4v) is 2.09. The Labute approximate surface area is 146 Å². The van der Waals surface area contributed by atoms with E-state index in [1.54, 1.807) is 31.2 Å². The summed E-state index contributed by atoms with van der Waals surface area (Å²) >= 11 is 0. The summed E-state index contributed by atoms with van der Waals surface area (Å²) in [5, 5.41) is 13.5. The third-order valence-corrected chi connectivity index (χ3v) is 3.49. The SMILES string of the molecule is CCC(O)c1nc(-c2cccc(Oc3ccc(C(F)(F)F)cn3)c2)no1. The van der Waals surface area contributed by atoms with E-state index in [-0.39, 0.29) is 17.6 Å². The van der Waals surface area contributed by atoms with Crippen molar-refractivity contribution in [3.8, 4) is 23.0 Å². The molecule has 0 amide bonds. The lowest BCUT2D eigenvalue weighted by atomic mass is 10.2. The molecule has 26 heavy (non-hydrogen) atoms. The minimum absolute atomic E-state index is 0.0188. The molecule has 2 heterocycles. The summed E-state index contributed by atoms with van der Waals surface area (Å²) in [5.41, 5.74) is -0.292. The molecule has 136 valence electrons. The number of aliphatic hydroxyl groups excluding tert-OH is 1. The van der Waals surface area contributed by atoms with Gasteiger partial charge in [0.1, 0.15) is 11.9 Å². The summed E-state index contributed by atoms with van der Waals surface area (Å²) in [4.78, 5) is 7.77. The molecule has 1 aromatic carbocycles. The van der Waals surface area contributed by atoms with Crippen molar-refractivity contribution in [3.05, 3.63) is 54.0 Å². The van der Waals surface area contributed by atoms with Crippen LogP contribution in [0.3, 0.4) is 0 Å². The van der Waals surface area contributed by atoms with Crippen LogP contribution in [0.15, 0.2) is 47.1 Å². The Morgan fingerprint density at radius 1 is 1.23 bits per heavy atom. The van der Waals surface area contributed by atoms with E-state index in [2.05, 4.69) is 15.1 Å². The minimum Gasteiger partial charge on any atom is -0.439 e. The quantitative estimate of drug-likeness (QED) is 0.722. The molecule has 0 spiro atoms. The van der Waals surface area contributed by atoms with Crippen molar-refractivity contribution >= 4 is 0 Å². The predicted octanol–water partition coefficient (Wildman–Crippen LogP) is 4.39. The van der Waals surface area contributed by atoms with Crippen LogP contribution in [0.2, 0.25) is 0 Å². The van der Waals surface area contributed by atoms with Gasteiger partial charge in [-0.3, -0.25) is 0 Å². The van der Waals surface area contributed by atoms with E-state index in [0.717, 1.165) is 12.1 Å². The van der Waals surface area contributed by atoms with Gasteiger partial charge in [0.25, 0.3) is 5.89 Å². The first-order valence-electron chi connectivity index (χ1n) is 7.70. The van der Waals surface area contributed by atoms with Crippen LogP contribution < -0.4 is 4.74 Å². The van der Waals surface area contributed by atoms with Crippen LogP contribution in [0, 0.1) is 0 Å². The Balaban J connectivity index is 1.78. The lowest BCUT2D eigenvalue weighted by molar-refractivity contribution is -0.137. The highest BCUT2D eigenvalue weighted by atomic mass is 19.4. The van der Waals surface area contributed by atoms with Crippen molar-refractivity contribution in [1.29, 1.82) is 0 Å². The van der Waals surface area contributed by atoms with E-state index in [4.69, 9.17) is 9.26 Å². The summed E-state index contributed by atoms with van der Waals surface area (Å²) < 4.78 is 48.1. The van der Waals surface area contributed by atoms with Crippen LogP contribution >= 0.6 is 0 Å². The first kappa shape index (κ1) is 17.9. The highest BCUT2D eigenvalue weighted by molar-refractivity contribution is 5.57. The van der Waals surface area contributed by atoms with Crippen LogP contribution in [-0.4, -0.2) is 20.2 Å². The molecule has 1 unspecified atom stereocenters. The van der Waals surface area contributed by atoms with Crippen LogP contribution in [-0.2, 0) is 6.18 Å². The van der Waals surface area contributed by atoms with Crippen molar-refractivity contribution in [2.45, 2.75) is 25.6 Å². The number of benzene rings is 1. The number of pyridine rings is 1. The van der Waals surface area contributed by atoms with Crippen molar-refractivity contribution in [2.75, 3.05) is 0 Å².